The highest BCUT2D eigenvalue weighted by atomic mass is 32.2. The van der Waals surface area contributed by atoms with Gasteiger partial charge in [0, 0.05) is 0 Å². The minimum atomic E-state index is -3.60. The van der Waals surface area contributed by atoms with E-state index in [4.69, 9.17) is 0 Å². The molecule has 0 aliphatic heterocycles. The van der Waals surface area contributed by atoms with Crippen molar-refractivity contribution in [3.05, 3.63) is 65.2 Å². The normalized spacial score (nSPS) is 31.1. The molecule has 2 aromatic rings. The van der Waals surface area contributed by atoms with Crippen molar-refractivity contribution in [3.63, 3.8) is 0 Å². The Morgan fingerprint density at radius 2 is 1.60 bits per heavy atom. The van der Waals surface area contributed by atoms with E-state index < -0.39 is 10.0 Å². The summed E-state index contributed by atoms with van der Waals surface area (Å²) in [7, 11) is -3.60. The minimum Gasteiger partial charge on any atom is -0.348 e. The summed E-state index contributed by atoms with van der Waals surface area (Å²) in [6, 6.07) is 16.2. The molecule has 1 amide bonds. The van der Waals surface area contributed by atoms with Crippen molar-refractivity contribution in [2.75, 3.05) is 17.1 Å². The molecule has 35 heavy (non-hydrogen) atoms. The molecular weight excluding hydrogens is 456 g/mol. The van der Waals surface area contributed by atoms with Gasteiger partial charge in [0.2, 0.25) is 15.9 Å². The van der Waals surface area contributed by atoms with Gasteiger partial charge in [-0.05, 0) is 110 Å². The largest absolute Gasteiger partial charge is 0.348 e. The van der Waals surface area contributed by atoms with Gasteiger partial charge in [-0.25, -0.2) is 8.42 Å². The number of nitrogens with one attached hydrogen (secondary N) is 1. The summed E-state index contributed by atoms with van der Waals surface area (Å²) in [5, 5.41) is 3.10. The van der Waals surface area contributed by atoms with Crippen molar-refractivity contribution in [2.24, 2.45) is 17.8 Å². The van der Waals surface area contributed by atoms with E-state index in [9.17, 15) is 13.2 Å². The van der Waals surface area contributed by atoms with Crippen LogP contribution < -0.4 is 9.62 Å². The molecule has 4 fully saturated rings. The zero-order valence-electron chi connectivity index (χ0n) is 20.6. The average molecular weight is 493 g/mol. The predicted octanol–water partition coefficient (Wildman–Crippen LogP) is 5.11. The molecule has 1 N–H and O–H groups in total. The van der Waals surface area contributed by atoms with Gasteiger partial charge in [0.05, 0.1) is 18.0 Å². The van der Waals surface area contributed by atoms with Crippen molar-refractivity contribution < 1.29 is 13.2 Å². The van der Waals surface area contributed by atoms with Crippen molar-refractivity contribution >= 4 is 21.6 Å². The third kappa shape index (κ3) is 4.39. The van der Waals surface area contributed by atoms with Crippen LogP contribution >= 0.6 is 0 Å². The standard InChI is InChI=1S/C29H36N2O3S/c1-35(33,34)31(19-28(32)30-27-8-4-6-23-5-2-3-7-26(23)27)25-11-9-24(10-12-25)29-16-20-13-21(17-29)15-22(14-20)18-29/h2-3,5,7,9-12,20-22,27H,4,6,8,13-19H2,1H3,(H,30,32)/t20?,21?,22?,27-,29?/m1/s1. The maximum absolute atomic E-state index is 13.0. The first-order valence-electron chi connectivity index (χ1n) is 13.2. The molecule has 0 unspecified atom stereocenters. The smallest absolute Gasteiger partial charge is 0.241 e. The monoisotopic (exact) mass is 492 g/mol. The number of benzene rings is 2. The van der Waals surface area contributed by atoms with Gasteiger partial charge in [0.15, 0.2) is 0 Å². The van der Waals surface area contributed by atoms with Crippen molar-refractivity contribution in [3.8, 4) is 0 Å². The van der Waals surface area contributed by atoms with Crippen LogP contribution in [0.15, 0.2) is 48.5 Å². The Kier molecular flexibility index (Phi) is 5.70. The third-order valence-corrected chi connectivity index (χ3v) is 10.3. The Morgan fingerprint density at radius 1 is 0.971 bits per heavy atom. The highest BCUT2D eigenvalue weighted by Crippen LogP contribution is 2.60. The molecule has 7 rings (SSSR count). The number of carbonyl (C=O) groups excluding carboxylic acids is 1. The summed E-state index contributed by atoms with van der Waals surface area (Å²) >= 11 is 0. The Labute approximate surface area is 209 Å². The van der Waals surface area contributed by atoms with E-state index in [1.54, 1.807) is 0 Å². The lowest BCUT2D eigenvalue weighted by Gasteiger charge is -2.57. The predicted molar refractivity (Wildman–Crippen MR) is 139 cm³/mol. The zero-order valence-corrected chi connectivity index (χ0v) is 21.4. The van der Waals surface area contributed by atoms with Crippen LogP contribution in [0.3, 0.4) is 0 Å². The number of fused-ring (bicyclic) bond motifs is 1. The van der Waals surface area contributed by atoms with E-state index in [-0.39, 0.29) is 23.9 Å². The van der Waals surface area contributed by atoms with E-state index in [0.29, 0.717) is 5.69 Å². The maximum atomic E-state index is 13.0. The molecule has 2 aromatic carbocycles. The fourth-order valence-corrected chi connectivity index (χ4v) is 8.98. The first kappa shape index (κ1) is 23.1. The summed E-state index contributed by atoms with van der Waals surface area (Å²) in [5.41, 5.74) is 4.62. The number of hydrogen-bond acceptors (Lipinski definition) is 3. The number of rotatable bonds is 6. The van der Waals surface area contributed by atoms with Gasteiger partial charge < -0.3 is 5.32 Å². The number of hydrogen-bond donors (Lipinski definition) is 1. The van der Waals surface area contributed by atoms with Gasteiger partial charge in [-0.1, -0.05) is 36.4 Å². The molecule has 0 spiro atoms. The van der Waals surface area contributed by atoms with Crippen LogP contribution in [0.5, 0.6) is 0 Å². The molecule has 0 heterocycles. The van der Waals surface area contributed by atoms with Crippen molar-refractivity contribution in [2.45, 2.75) is 69.2 Å². The lowest BCUT2D eigenvalue weighted by Crippen LogP contribution is -2.48. The first-order chi connectivity index (χ1) is 16.8. The lowest BCUT2D eigenvalue weighted by atomic mass is 9.48. The second-order valence-electron chi connectivity index (χ2n) is 11.7. The Balaban J connectivity index is 1.19. The molecule has 5 aliphatic carbocycles. The summed E-state index contributed by atoms with van der Waals surface area (Å²) in [5.74, 6) is 2.33. The molecule has 0 saturated heterocycles. The number of anilines is 1. The fourth-order valence-electron chi connectivity index (χ4n) is 8.12. The average Bonchev–Trinajstić information content (AvgIpc) is 2.81. The third-order valence-electron chi connectivity index (χ3n) is 9.20. The molecule has 4 saturated carbocycles. The van der Waals surface area contributed by atoms with Gasteiger partial charge in [0.1, 0.15) is 6.54 Å². The molecule has 5 nitrogen and oxygen atoms in total. The van der Waals surface area contributed by atoms with Crippen LogP contribution in [0.1, 0.15) is 74.1 Å². The summed E-state index contributed by atoms with van der Waals surface area (Å²) in [6.45, 7) is -0.200. The topological polar surface area (TPSA) is 66.5 Å². The number of amides is 1. The highest BCUT2D eigenvalue weighted by molar-refractivity contribution is 7.92. The van der Waals surface area contributed by atoms with Gasteiger partial charge in [-0.3, -0.25) is 9.10 Å². The van der Waals surface area contributed by atoms with Gasteiger partial charge in [0.25, 0.3) is 0 Å². The Morgan fingerprint density at radius 3 is 2.23 bits per heavy atom. The number of nitrogens with zero attached hydrogens (tertiary/aromatic N) is 1. The molecule has 1 atom stereocenters. The van der Waals surface area contributed by atoms with Crippen LogP contribution in [0, 0.1) is 17.8 Å². The molecule has 4 bridgehead atoms. The fraction of sp³-hybridized carbons (Fsp3) is 0.552. The van der Waals surface area contributed by atoms with Gasteiger partial charge >= 0.3 is 0 Å². The first-order valence-corrected chi connectivity index (χ1v) is 15.1. The van der Waals surface area contributed by atoms with Gasteiger partial charge in [-0.15, -0.1) is 0 Å². The Hall–Kier alpha value is -2.34. The van der Waals surface area contributed by atoms with E-state index >= 15 is 0 Å². The van der Waals surface area contributed by atoms with E-state index in [2.05, 4.69) is 29.6 Å². The molecule has 0 radical (unpaired) electrons. The second-order valence-corrected chi connectivity index (χ2v) is 13.6. The van der Waals surface area contributed by atoms with E-state index in [1.165, 1.54) is 60.2 Å². The number of aryl methyl sites for hydroxylation is 1. The lowest BCUT2D eigenvalue weighted by molar-refractivity contribution is -0.120. The second kappa shape index (κ2) is 8.65. The van der Waals surface area contributed by atoms with Crippen LogP contribution in [0.25, 0.3) is 0 Å². The zero-order chi connectivity index (χ0) is 24.2. The van der Waals surface area contributed by atoms with Gasteiger partial charge in [-0.2, -0.15) is 0 Å². The van der Waals surface area contributed by atoms with Crippen molar-refractivity contribution in [1.29, 1.82) is 0 Å². The quantitative estimate of drug-likeness (QED) is 0.609. The highest BCUT2D eigenvalue weighted by Gasteiger charge is 2.51. The number of carbonyl (C=O) groups is 1. The minimum absolute atomic E-state index is 0.0627. The van der Waals surface area contributed by atoms with E-state index in [0.717, 1.165) is 42.6 Å². The Bertz CT molecular complexity index is 1190. The molecule has 186 valence electrons. The van der Waals surface area contributed by atoms with Crippen molar-refractivity contribution in [1.82, 2.24) is 5.32 Å². The van der Waals surface area contributed by atoms with Crippen LogP contribution in [-0.4, -0.2) is 27.1 Å². The molecular formula is C29H36N2O3S. The van der Waals surface area contributed by atoms with Crippen LogP contribution in [-0.2, 0) is 26.7 Å². The molecule has 0 aromatic heterocycles. The summed E-state index contributed by atoms with van der Waals surface area (Å²) in [6.07, 6.45) is 12.1. The number of sulfonamides is 1. The maximum Gasteiger partial charge on any atom is 0.241 e. The molecule has 5 aliphatic rings. The molecule has 6 heteroatoms. The van der Waals surface area contributed by atoms with Crippen LogP contribution in [0.2, 0.25) is 0 Å². The SMILES string of the molecule is CS(=O)(=O)N(CC(=O)N[C@@H]1CCCc2ccccc21)c1ccc(C23CC4CC(CC(C4)C2)C3)cc1. The van der Waals surface area contributed by atoms with E-state index in [1.807, 2.05) is 24.3 Å². The van der Waals surface area contributed by atoms with Crippen LogP contribution in [0.4, 0.5) is 5.69 Å². The summed E-state index contributed by atoms with van der Waals surface area (Å²) in [4.78, 5) is 13.0. The summed E-state index contributed by atoms with van der Waals surface area (Å²) < 4.78 is 26.7.